The van der Waals surface area contributed by atoms with Crippen molar-refractivity contribution in [1.29, 1.82) is 0 Å². The summed E-state index contributed by atoms with van der Waals surface area (Å²) in [5.74, 6) is -1.45. The highest BCUT2D eigenvalue weighted by atomic mass is 32.1. The Labute approximate surface area is 124 Å². The van der Waals surface area contributed by atoms with Gasteiger partial charge in [0, 0.05) is 31.9 Å². The van der Waals surface area contributed by atoms with E-state index in [0.717, 1.165) is 10.6 Å². The van der Waals surface area contributed by atoms with Gasteiger partial charge in [-0.25, -0.2) is 4.98 Å². The van der Waals surface area contributed by atoms with E-state index < -0.39 is 11.9 Å². The van der Waals surface area contributed by atoms with Crippen molar-refractivity contribution in [2.24, 2.45) is 13.0 Å². The minimum atomic E-state index is -0.842. The van der Waals surface area contributed by atoms with Crippen molar-refractivity contribution < 1.29 is 14.7 Å². The molecule has 1 atom stereocenters. The maximum absolute atomic E-state index is 12.3. The average Bonchev–Trinajstić information content (AvgIpc) is 3.17. The first-order valence-electron chi connectivity index (χ1n) is 6.51. The van der Waals surface area contributed by atoms with Crippen molar-refractivity contribution in [3.8, 4) is 10.6 Å². The molecule has 1 aliphatic heterocycles. The van der Waals surface area contributed by atoms with Gasteiger partial charge in [0.2, 0.25) is 0 Å². The molecule has 0 radical (unpaired) electrons. The number of amides is 1. The van der Waals surface area contributed by atoms with Crippen LogP contribution in [0.15, 0.2) is 18.6 Å². The fourth-order valence-corrected chi connectivity index (χ4v) is 3.20. The number of hydrogen-bond acceptors (Lipinski definition) is 5. The van der Waals surface area contributed by atoms with Crippen LogP contribution in [0.5, 0.6) is 0 Å². The van der Waals surface area contributed by atoms with Crippen LogP contribution in [0.3, 0.4) is 0 Å². The molecular formula is C13H14N4O3S. The summed E-state index contributed by atoms with van der Waals surface area (Å²) in [5.41, 5.74) is 0.867. The number of carbonyl (C=O) groups excluding carboxylic acids is 1. The highest BCUT2D eigenvalue weighted by molar-refractivity contribution is 7.16. The van der Waals surface area contributed by atoms with E-state index in [9.17, 15) is 9.59 Å². The molecule has 0 spiro atoms. The lowest BCUT2D eigenvalue weighted by atomic mass is 10.1. The normalized spacial score (nSPS) is 18.1. The number of nitrogens with zero attached hydrogens (tertiary/aromatic N) is 4. The maximum Gasteiger partial charge on any atom is 0.308 e. The van der Waals surface area contributed by atoms with E-state index in [1.165, 1.54) is 11.3 Å². The SMILES string of the molecule is Cn1cc(-c2ncc(C(=O)N3CC[C@@H](C(=O)O)C3)s2)cn1. The van der Waals surface area contributed by atoms with Gasteiger partial charge in [-0.15, -0.1) is 11.3 Å². The zero-order valence-electron chi connectivity index (χ0n) is 11.4. The minimum absolute atomic E-state index is 0.147. The molecule has 0 unspecified atom stereocenters. The second-order valence-corrected chi connectivity index (χ2v) is 6.04. The molecule has 1 N–H and O–H groups in total. The number of aliphatic carboxylic acids is 1. The van der Waals surface area contributed by atoms with Crippen LogP contribution in [-0.2, 0) is 11.8 Å². The van der Waals surface area contributed by atoms with Gasteiger partial charge in [-0.2, -0.15) is 5.10 Å². The van der Waals surface area contributed by atoms with Crippen LogP contribution in [0.25, 0.3) is 10.6 Å². The highest BCUT2D eigenvalue weighted by Gasteiger charge is 2.32. The van der Waals surface area contributed by atoms with Crippen LogP contribution in [0.4, 0.5) is 0 Å². The third-order valence-corrected chi connectivity index (χ3v) is 4.53. The first-order valence-corrected chi connectivity index (χ1v) is 7.33. The Kier molecular flexibility index (Phi) is 3.46. The highest BCUT2D eigenvalue weighted by Crippen LogP contribution is 2.27. The van der Waals surface area contributed by atoms with Crippen molar-refractivity contribution in [2.75, 3.05) is 13.1 Å². The van der Waals surface area contributed by atoms with Gasteiger partial charge in [0.15, 0.2) is 0 Å². The van der Waals surface area contributed by atoms with Crippen LogP contribution in [-0.4, -0.2) is 49.7 Å². The monoisotopic (exact) mass is 306 g/mol. The summed E-state index contributed by atoms with van der Waals surface area (Å²) in [5, 5.41) is 13.8. The van der Waals surface area contributed by atoms with Crippen molar-refractivity contribution >= 4 is 23.2 Å². The van der Waals surface area contributed by atoms with E-state index in [1.54, 1.807) is 22.0 Å². The minimum Gasteiger partial charge on any atom is -0.481 e. The number of aromatic nitrogens is 3. The lowest BCUT2D eigenvalue weighted by Crippen LogP contribution is -2.29. The molecule has 21 heavy (non-hydrogen) atoms. The number of likely N-dealkylation sites (tertiary alicyclic amines) is 1. The van der Waals surface area contributed by atoms with Gasteiger partial charge in [-0.3, -0.25) is 14.3 Å². The standard InChI is InChI=1S/C13H14N4O3S/c1-16-6-9(4-15-16)11-14-5-10(21-11)12(18)17-3-2-8(7-17)13(19)20/h4-6,8H,2-3,7H2,1H3,(H,19,20)/t8-/m1/s1. The largest absolute Gasteiger partial charge is 0.481 e. The molecule has 8 heteroatoms. The summed E-state index contributed by atoms with van der Waals surface area (Å²) in [6.07, 6.45) is 5.59. The first kappa shape index (κ1) is 13.7. The second-order valence-electron chi connectivity index (χ2n) is 5.01. The predicted molar refractivity (Wildman–Crippen MR) is 76.0 cm³/mol. The fourth-order valence-electron chi connectivity index (χ4n) is 2.34. The van der Waals surface area contributed by atoms with E-state index in [2.05, 4.69) is 10.1 Å². The van der Waals surface area contributed by atoms with Gasteiger partial charge < -0.3 is 10.0 Å². The van der Waals surface area contributed by atoms with Gasteiger partial charge in [0.1, 0.15) is 9.88 Å². The zero-order chi connectivity index (χ0) is 15.0. The molecule has 3 heterocycles. The molecule has 1 aliphatic rings. The van der Waals surface area contributed by atoms with E-state index in [4.69, 9.17) is 5.11 Å². The quantitative estimate of drug-likeness (QED) is 0.917. The number of thiazole rings is 1. The topological polar surface area (TPSA) is 88.3 Å². The second kappa shape index (κ2) is 5.28. The fraction of sp³-hybridized carbons (Fsp3) is 0.385. The van der Waals surface area contributed by atoms with Crippen molar-refractivity contribution in [2.45, 2.75) is 6.42 Å². The van der Waals surface area contributed by atoms with E-state index in [-0.39, 0.29) is 12.5 Å². The van der Waals surface area contributed by atoms with Gasteiger partial charge >= 0.3 is 5.97 Å². The number of carbonyl (C=O) groups is 2. The number of aryl methyl sites for hydroxylation is 1. The molecule has 0 aliphatic carbocycles. The van der Waals surface area contributed by atoms with Crippen LogP contribution in [0.2, 0.25) is 0 Å². The van der Waals surface area contributed by atoms with Crippen LogP contribution in [0.1, 0.15) is 16.1 Å². The van der Waals surface area contributed by atoms with Crippen LogP contribution < -0.4 is 0 Å². The third-order valence-electron chi connectivity index (χ3n) is 3.49. The number of rotatable bonds is 3. The molecular weight excluding hydrogens is 292 g/mol. The van der Waals surface area contributed by atoms with E-state index in [0.29, 0.717) is 17.8 Å². The van der Waals surface area contributed by atoms with Gasteiger partial charge in [-0.05, 0) is 6.42 Å². The molecule has 0 aromatic carbocycles. The first-order chi connectivity index (χ1) is 10.0. The Morgan fingerprint density at radius 3 is 2.86 bits per heavy atom. The summed E-state index contributed by atoms with van der Waals surface area (Å²) in [6, 6.07) is 0. The van der Waals surface area contributed by atoms with Crippen LogP contribution >= 0.6 is 11.3 Å². The molecule has 0 saturated carbocycles. The van der Waals surface area contributed by atoms with Crippen molar-refractivity contribution in [3.63, 3.8) is 0 Å². The Balaban J connectivity index is 1.74. The third kappa shape index (κ3) is 2.66. The van der Waals surface area contributed by atoms with E-state index >= 15 is 0 Å². The Hall–Kier alpha value is -2.22. The Morgan fingerprint density at radius 2 is 2.24 bits per heavy atom. The molecule has 1 amide bonds. The summed E-state index contributed by atoms with van der Waals surface area (Å²) in [4.78, 5) is 29.6. The van der Waals surface area contributed by atoms with Gasteiger partial charge in [0.25, 0.3) is 5.91 Å². The lowest BCUT2D eigenvalue weighted by Gasteiger charge is -2.13. The lowest BCUT2D eigenvalue weighted by molar-refractivity contribution is -0.141. The summed E-state index contributed by atoms with van der Waals surface area (Å²) < 4.78 is 1.68. The molecule has 3 rings (SSSR count). The van der Waals surface area contributed by atoms with Crippen molar-refractivity contribution in [1.82, 2.24) is 19.7 Å². The van der Waals surface area contributed by atoms with E-state index in [1.807, 2.05) is 13.2 Å². The number of carboxylic acids is 1. The van der Waals surface area contributed by atoms with Crippen molar-refractivity contribution in [3.05, 3.63) is 23.5 Å². The molecule has 1 saturated heterocycles. The summed E-state index contributed by atoms with van der Waals surface area (Å²) in [7, 11) is 1.82. The van der Waals surface area contributed by atoms with Gasteiger partial charge in [-0.1, -0.05) is 0 Å². The smallest absolute Gasteiger partial charge is 0.308 e. The summed E-state index contributed by atoms with van der Waals surface area (Å²) in [6.45, 7) is 0.754. The number of carboxylic acid groups (broad SMARTS) is 1. The summed E-state index contributed by atoms with van der Waals surface area (Å²) >= 11 is 1.30. The number of hydrogen-bond donors (Lipinski definition) is 1. The molecule has 1 fully saturated rings. The molecule has 7 nitrogen and oxygen atoms in total. The molecule has 0 bridgehead atoms. The Bertz CT molecular complexity index is 693. The zero-order valence-corrected chi connectivity index (χ0v) is 12.2. The average molecular weight is 306 g/mol. The molecule has 110 valence electrons. The molecule has 2 aromatic rings. The predicted octanol–water partition coefficient (Wildman–Crippen LogP) is 1.09. The maximum atomic E-state index is 12.3. The molecule has 2 aromatic heterocycles. The Morgan fingerprint density at radius 1 is 1.43 bits per heavy atom. The van der Waals surface area contributed by atoms with Gasteiger partial charge in [0.05, 0.1) is 18.3 Å². The van der Waals surface area contributed by atoms with Crippen LogP contribution in [0, 0.1) is 5.92 Å².